The molecule has 1 aliphatic rings. The van der Waals surface area contributed by atoms with E-state index in [0.29, 0.717) is 18.9 Å². The molecule has 5 nitrogen and oxygen atoms in total. The normalized spacial score (nSPS) is 13.8. The van der Waals surface area contributed by atoms with Crippen LogP contribution in [0.1, 0.15) is 23.2 Å². The molecule has 122 valence electrons. The quantitative estimate of drug-likeness (QED) is 0.785. The van der Waals surface area contributed by atoms with E-state index in [1.807, 2.05) is 13.0 Å². The number of benzene rings is 1. The maximum absolute atomic E-state index is 8.88. The number of aromatic nitrogens is 2. The smallest absolute Gasteiger partial charge is 0.224 e. The van der Waals surface area contributed by atoms with Crippen LogP contribution in [0.5, 0.6) is 0 Å². The zero-order valence-electron chi connectivity index (χ0n) is 13.2. The van der Waals surface area contributed by atoms with Gasteiger partial charge in [-0.3, -0.25) is 0 Å². The lowest BCUT2D eigenvalue weighted by Crippen LogP contribution is -2.31. The minimum atomic E-state index is 0.171. The van der Waals surface area contributed by atoms with E-state index in [0.717, 1.165) is 35.5 Å². The van der Waals surface area contributed by atoms with Crippen LogP contribution in [0.3, 0.4) is 0 Å². The van der Waals surface area contributed by atoms with Crippen molar-refractivity contribution >= 4 is 27.7 Å². The second-order valence-electron chi connectivity index (χ2n) is 5.78. The summed E-state index contributed by atoms with van der Waals surface area (Å²) in [5, 5.41) is 12.1. The number of halogens is 1. The van der Waals surface area contributed by atoms with Gasteiger partial charge in [0.1, 0.15) is 5.82 Å². The van der Waals surface area contributed by atoms with Crippen LogP contribution < -0.4 is 10.2 Å². The molecule has 1 aromatic heterocycles. The molecule has 1 aromatic carbocycles. The van der Waals surface area contributed by atoms with Crippen LogP contribution in [0.4, 0.5) is 11.8 Å². The van der Waals surface area contributed by atoms with Crippen molar-refractivity contribution in [3.63, 3.8) is 0 Å². The summed E-state index contributed by atoms with van der Waals surface area (Å²) in [5.74, 6) is 1.59. The zero-order valence-corrected chi connectivity index (χ0v) is 14.8. The number of aliphatic hydroxyl groups excluding tert-OH is 1. The molecule has 0 unspecified atom stereocenters. The highest BCUT2D eigenvalue weighted by molar-refractivity contribution is 9.10. The van der Waals surface area contributed by atoms with Crippen LogP contribution in [0, 0.1) is 6.92 Å². The number of nitrogens with one attached hydrogen (secondary N) is 1. The standard InChI is InChI=1S/C17H21BrN4O/c1-12-9-16(21-17(20-12)19-6-2-8-23)22-7-5-13-10-15(18)4-3-14(13)11-22/h3-4,9-10,23H,2,5-8,11H2,1H3,(H,19,20,21). The fourth-order valence-electron chi connectivity index (χ4n) is 2.79. The average molecular weight is 377 g/mol. The predicted molar refractivity (Wildman–Crippen MR) is 95.9 cm³/mol. The van der Waals surface area contributed by atoms with Crippen molar-refractivity contribution in [3.05, 3.63) is 45.6 Å². The zero-order chi connectivity index (χ0) is 16.2. The number of rotatable bonds is 5. The van der Waals surface area contributed by atoms with Gasteiger partial charge in [0.25, 0.3) is 0 Å². The minimum Gasteiger partial charge on any atom is -0.396 e. The van der Waals surface area contributed by atoms with E-state index in [2.05, 4.69) is 54.3 Å². The van der Waals surface area contributed by atoms with Crippen LogP contribution >= 0.6 is 15.9 Å². The van der Waals surface area contributed by atoms with E-state index in [1.165, 1.54) is 11.1 Å². The maximum atomic E-state index is 8.88. The van der Waals surface area contributed by atoms with Crippen molar-refractivity contribution in [2.45, 2.75) is 26.3 Å². The molecule has 0 aliphatic carbocycles. The highest BCUT2D eigenvalue weighted by atomic mass is 79.9. The Hall–Kier alpha value is -1.66. The third-order valence-electron chi connectivity index (χ3n) is 3.96. The highest BCUT2D eigenvalue weighted by Crippen LogP contribution is 2.26. The van der Waals surface area contributed by atoms with Crippen LogP contribution in [-0.4, -0.2) is 34.8 Å². The number of aliphatic hydroxyl groups is 1. The van der Waals surface area contributed by atoms with E-state index in [9.17, 15) is 0 Å². The van der Waals surface area contributed by atoms with Gasteiger partial charge in [0.2, 0.25) is 5.95 Å². The molecule has 2 heterocycles. The topological polar surface area (TPSA) is 61.3 Å². The van der Waals surface area contributed by atoms with Gasteiger partial charge >= 0.3 is 0 Å². The van der Waals surface area contributed by atoms with Crippen molar-refractivity contribution in [1.29, 1.82) is 0 Å². The van der Waals surface area contributed by atoms with Crippen molar-refractivity contribution in [2.24, 2.45) is 0 Å². The molecular weight excluding hydrogens is 356 g/mol. The third kappa shape index (κ3) is 4.00. The largest absolute Gasteiger partial charge is 0.396 e. The Morgan fingerprint density at radius 3 is 2.96 bits per heavy atom. The van der Waals surface area contributed by atoms with Gasteiger partial charge in [-0.1, -0.05) is 22.0 Å². The molecule has 0 amide bonds. The van der Waals surface area contributed by atoms with Crippen LogP contribution in [0.25, 0.3) is 0 Å². The number of hydrogen-bond acceptors (Lipinski definition) is 5. The number of hydrogen-bond donors (Lipinski definition) is 2. The van der Waals surface area contributed by atoms with Gasteiger partial charge in [0.15, 0.2) is 0 Å². The lowest BCUT2D eigenvalue weighted by atomic mass is 10.00. The molecule has 3 rings (SSSR count). The van der Waals surface area contributed by atoms with Gasteiger partial charge in [-0.05, 0) is 43.0 Å². The molecule has 0 fully saturated rings. The molecule has 0 spiro atoms. The summed E-state index contributed by atoms with van der Waals surface area (Å²) in [4.78, 5) is 11.3. The molecule has 6 heteroatoms. The van der Waals surface area contributed by atoms with E-state index in [-0.39, 0.29) is 6.61 Å². The lowest BCUT2D eigenvalue weighted by Gasteiger charge is -2.30. The van der Waals surface area contributed by atoms with Crippen LogP contribution in [0.15, 0.2) is 28.7 Å². The summed E-state index contributed by atoms with van der Waals surface area (Å²) in [7, 11) is 0. The van der Waals surface area contributed by atoms with E-state index in [4.69, 9.17) is 5.11 Å². The second kappa shape index (κ2) is 7.27. The summed E-state index contributed by atoms with van der Waals surface area (Å²) >= 11 is 3.54. The molecule has 2 aromatic rings. The van der Waals surface area contributed by atoms with Crippen molar-refractivity contribution in [1.82, 2.24) is 9.97 Å². The van der Waals surface area contributed by atoms with Crippen LogP contribution in [-0.2, 0) is 13.0 Å². The predicted octanol–water partition coefficient (Wildman–Crippen LogP) is 2.90. The molecule has 0 bridgehead atoms. The Morgan fingerprint density at radius 1 is 1.26 bits per heavy atom. The fourth-order valence-corrected chi connectivity index (χ4v) is 3.20. The van der Waals surface area contributed by atoms with Gasteiger partial charge in [0.05, 0.1) is 0 Å². The Bertz CT molecular complexity index is 692. The van der Waals surface area contributed by atoms with Gasteiger partial charge in [0, 0.05) is 42.5 Å². The number of anilines is 2. The Balaban J connectivity index is 1.78. The van der Waals surface area contributed by atoms with Gasteiger partial charge in [-0.15, -0.1) is 0 Å². The number of aryl methyl sites for hydroxylation is 1. The Labute approximate surface area is 144 Å². The van der Waals surface area contributed by atoms with Crippen molar-refractivity contribution < 1.29 is 5.11 Å². The lowest BCUT2D eigenvalue weighted by molar-refractivity contribution is 0.292. The Kier molecular flexibility index (Phi) is 5.13. The van der Waals surface area contributed by atoms with Crippen LogP contribution in [0.2, 0.25) is 0 Å². The summed E-state index contributed by atoms with van der Waals surface area (Å²) in [6.45, 7) is 4.66. The highest BCUT2D eigenvalue weighted by Gasteiger charge is 2.18. The second-order valence-corrected chi connectivity index (χ2v) is 6.70. The molecule has 2 N–H and O–H groups in total. The number of fused-ring (bicyclic) bond motifs is 1. The van der Waals surface area contributed by atoms with Crippen molar-refractivity contribution in [3.8, 4) is 0 Å². The first-order valence-electron chi connectivity index (χ1n) is 7.88. The Morgan fingerprint density at radius 2 is 2.13 bits per heavy atom. The fraction of sp³-hybridized carbons (Fsp3) is 0.412. The molecular formula is C17H21BrN4O. The van der Waals surface area contributed by atoms with Crippen molar-refractivity contribution in [2.75, 3.05) is 29.9 Å². The molecule has 0 saturated heterocycles. The molecule has 23 heavy (non-hydrogen) atoms. The monoisotopic (exact) mass is 376 g/mol. The van der Waals surface area contributed by atoms with E-state index < -0.39 is 0 Å². The summed E-state index contributed by atoms with van der Waals surface area (Å²) in [6, 6.07) is 8.51. The maximum Gasteiger partial charge on any atom is 0.224 e. The first kappa shape index (κ1) is 16.2. The molecule has 0 saturated carbocycles. The molecule has 0 atom stereocenters. The summed E-state index contributed by atoms with van der Waals surface area (Å²) < 4.78 is 1.14. The molecule has 0 radical (unpaired) electrons. The van der Waals surface area contributed by atoms with E-state index >= 15 is 0 Å². The van der Waals surface area contributed by atoms with Gasteiger partial charge < -0.3 is 15.3 Å². The summed E-state index contributed by atoms with van der Waals surface area (Å²) in [5.41, 5.74) is 3.70. The summed E-state index contributed by atoms with van der Waals surface area (Å²) in [6.07, 6.45) is 1.71. The SMILES string of the molecule is Cc1cc(N2CCc3cc(Br)ccc3C2)nc(NCCCO)n1. The third-order valence-corrected chi connectivity index (χ3v) is 4.46. The average Bonchev–Trinajstić information content (AvgIpc) is 2.54. The first-order valence-corrected chi connectivity index (χ1v) is 8.67. The van der Waals surface area contributed by atoms with Gasteiger partial charge in [-0.2, -0.15) is 4.98 Å². The van der Waals surface area contributed by atoms with Gasteiger partial charge in [-0.25, -0.2) is 4.98 Å². The number of nitrogens with zero attached hydrogens (tertiary/aromatic N) is 3. The van der Waals surface area contributed by atoms with E-state index in [1.54, 1.807) is 0 Å². The minimum absolute atomic E-state index is 0.171. The molecule has 1 aliphatic heterocycles. The first-order chi connectivity index (χ1) is 11.2.